The van der Waals surface area contributed by atoms with Gasteiger partial charge in [0.25, 0.3) is 5.91 Å². The summed E-state index contributed by atoms with van der Waals surface area (Å²) in [4.78, 5) is 12.6. The minimum Gasteiger partial charge on any atom is -0.493 e. The predicted octanol–water partition coefficient (Wildman–Crippen LogP) is 7.34. The van der Waals surface area contributed by atoms with Gasteiger partial charge >= 0.3 is 0 Å². The molecular formula is C33H38ClNO8. The number of nitrogens with zero attached hydrogens (tertiary/aromatic N) is 1. The van der Waals surface area contributed by atoms with Gasteiger partial charge < -0.3 is 28.4 Å². The summed E-state index contributed by atoms with van der Waals surface area (Å²) in [6.07, 6.45) is 5.40. The molecule has 4 rings (SSSR count). The molecule has 1 amide bonds. The Labute approximate surface area is 257 Å². The van der Waals surface area contributed by atoms with Crippen LogP contribution >= 0.6 is 11.6 Å². The molecule has 0 radical (unpaired) electrons. The SMILES string of the molecule is CCCOc1c(CC=CN(O)C(=O)c2cccc(Cl)c2)cc(C2CCC(c3cc(OC)c(OC)c(OC)c3)O2)cc1OC. The van der Waals surface area contributed by atoms with Gasteiger partial charge in [0.2, 0.25) is 5.75 Å². The Bertz CT molecular complexity index is 1420. The summed E-state index contributed by atoms with van der Waals surface area (Å²) in [6.45, 7) is 2.54. The molecule has 1 heterocycles. The summed E-state index contributed by atoms with van der Waals surface area (Å²) in [5, 5.41) is 11.3. The van der Waals surface area contributed by atoms with Crippen LogP contribution in [0.4, 0.5) is 0 Å². The van der Waals surface area contributed by atoms with E-state index < -0.39 is 5.91 Å². The van der Waals surface area contributed by atoms with E-state index in [1.54, 1.807) is 52.7 Å². The van der Waals surface area contributed by atoms with Crippen molar-refractivity contribution in [2.24, 2.45) is 0 Å². The zero-order valence-electron chi connectivity index (χ0n) is 25.1. The van der Waals surface area contributed by atoms with E-state index in [-0.39, 0.29) is 17.8 Å². The fourth-order valence-corrected chi connectivity index (χ4v) is 5.25. The van der Waals surface area contributed by atoms with Crippen molar-refractivity contribution < 1.29 is 38.4 Å². The lowest BCUT2D eigenvalue weighted by atomic mass is 9.99. The summed E-state index contributed by atoms with van der Waals surface area (Å²) in [5.41, 5.74) is 2.98. The van der Waals surface area contributed by atoms with Crippen molar-refractivity contribution in [1.82, 2.24) is 5.06 Å². The van der Waals surface area contributed by atoms with E-state index in [2.05, 4.69) is 0 Å². The first-order valence-electron chi connectivity index (χ1n) is 14.1. The number of ether oxygens (including phenoxy) is 6. The molecule has 0 aromatic heterocycles. The zero-order chi connectivity index (χ0) is 30.9. The average molecular weight is 612 g/mol. The van der Waals surface area contributed by atoms with Crippen molar-refractivity contribution in [3.63, 3.8) is 0 Å². The van der Waals surface area contributed by atoms with Crippen molar-refractivity contribution >= 4 is 17.5 Å². The van der Waals surface area contributed by atoms with Gasteiger partial charge in [-0.15, -0.1) is 0 Å². The van der Waals surface area contributed by atoms with Crippen molar-refractivity contribution in [1.29, 1.82) is 0 Å². The fourth-order valence-electron chi connectivity index (χ4n) is 5.06. The number of methoxy groups -OCH3 is 4. The lowest BCUT2D eigenvalue weighted by Gasteiger charge is -2.20. The van der Waals surface area contributed by atoms with Crippen LogP contribution in [0.15, 0.2) is 60.8 Å². The number of hydrogen-bond donors (Lipinski definition) is 1. The standard InChI is InChI=1S/C33H38ClNO8/c1-6-15-42-31-21(10-8-14-35(37)33(36)22-9-7-11-25(34)17-22)16-23(18-28(31)38-2)26-12-13-27(43-26)24-19-29(39-3)32(41-5)30(20-24)40-4/h7-9,11,14,16-20,26-27,37H,6,10,12-13,15H2,1-5H3. The number of allylic oxidation sites excluding steroid dienone is 1. The molecule has 0 bridgehead atoms. The van der Waals surface area contributed by atoms with Crippen molar-refractivity contribution in [2.75, 3.05) is 35.0 Å². The molecule has 43 heavy (non-hydrogen) atoms. The van der Waals surface area contributed by atoms with E-state index in [0.717, 1.165) is 36.0 Å². The molecule has 1 fully saturated rings. The molecule has 2 unspecified atom stereocenters. The van der Waals surface area contributed by atoms with E-state index in [1.807, 2.05) is 31.2 Å². The van der Waals surface area contributed by atoms with Gasteiger partial charge in [0, 0.05) is 22.3 Å². The first-order valence-corrected chi connectivity index (χ1v) is 14.4. The highest BCUT2D eigenvalue weighted by molar-refractivity contribution is 6.30. The Morgan fingerprint density at radius 3 is 2.09 bits per heavy atom. The van der Waals surface area contributed by atoms with E-state index in [0.29, 0.717) is 51.9 Å². The highest BCUT2D eigenvalue weighted by atomic mass is 35.5. The van der Waals surface area contributed by atoms with Crippen LogP contribution in [0, 0.1) is 0 Å². The van der Waals surface area contributed by atoms with Crippen molar-refractivity contribution in [2.45, 2.75) is 44.8 Å². The summed E-state index contributed by atoms with van der Waals surface area (Å²) in [7, 11) is 6.36. The van der Waals surface area contributed by atoms with Gasteiger partial charge in [-0.25, -0.2) is 0 Å². The molecule has 0 aliphatic carbocycles. The average Bonchev–Trinajstić information content (AvgIpc) is 3.53. The molecule has 230 valence electrons. The van der Waals surface area contributed by atoms with Gasteiger partial charge in [-0.05, 0) is 79.3 Å². The van der Waals surface area contributed by atoms with Gasteiger partial charge in [0.05, 0.1) is 47.3 Å². The lowest BCUT2D eigenvalue weighted by molar-refractivity contribution is -0.0204. The van der Waals surface area contributed by atoms with Gasteiger partial charge in [-0.2, -0.15) is 5.06 Å². The van der Waals surface area contributed by atoms with Gasteiger partial charge in [0.15, 0.2) is 23.0 Å². The molecule has 1 saturated heterocycles. The van der Waals surface area contributed by atoms with E-state index in [1.165, 1.54) is 12.3 Å². The number of rotatable bonds is 13. The van der Waals surface area contributed by atoms with Crippen LogP contribution in [0.2, 0.25) is 5.02 Å². The molecule has 3 aromatic carbocycles. The highest BCUT2D eigenvalue weighted by Crippen LogP contribution is 2.47. The first kappa shape index (κ1) is 32.0. The van der Waals surface area contributed by atoms with Crippen LogP contribution in [0.1, 0.15) is 65.4 Å². The van der Waals surface area contributed by atoms with Crippen LogP contribution in [0.25, 0.3) is 0 Å². The maximum Gasteiger partial charge on any atom is 0.281 e. The van der Waals surface area contributed by atoms with Crippen molar-refractivity contribution in [3.8, 4) is 28.7 Å². The summed E-state index contributed by atoms with van der Waals surface area (Å²) >= 11 is 5.99. The first-order chi connectivity index (χ1) is 20.8. The van der Waals surface area contributed by atoms with Crippen LogP contribution in [-0.4, -0.2) is 51.2 Å². The van der Waals surface area contributed by atoms with Crippen LogP contribution in [0.5, 0.6) is 28.7 Å². The Morgan fingerprint density at radius 1 is 0.930 bits per heavy atom. The molecular weight excluding hydrogens is 574 g/mol. The third-order valence-corrected chi connectivity index (χ3v) is 7.37. The number of benzene rings is 3. The Balaban J connectivity index is 1.57. The molecule has 3 aromatic rings. The normalized spacial score (nSPS) is 16.3. The quantitative estimate of drug-likeness (QED) is 0.158. The maximum absolute atomic E-state index is 12.6. The molecule has 10 heteroatoms. The van der Waals surface area contributed by atoms with E-state index >= 15 is 0 Å². The number of amides is 1. The van der Waals surface area contributed by atoms with E-state index in [4.69, 9.17) is 40.0 Å². The zero-order valence-corrected chi connectivity index (χ0v) is 25.8. The second kappa shape index (κ2) is 15.0. The van der Waals surface area contributed by atoms with Crippen LogP contribution < -0.4 is 23.7 Å². The van der Waals surface area contributed by atoms with Crippen LogP contribution in [0.3, 0.4) is 0 Å². The largest absolute Gasteiger partial charge is 0.493 e. The number of carbonyl (C=O) groups is 1. The molecule has 2 atom stereocenters. The molecule has 1 N–H and O–H groups in total. The molecule has 1 aliphatic rings. The molecule has 0 spiro atoms. The maximum atomic E-state index is 12.6. The second-order valence-corrected chi connectivity index (χ2v) is 10.4. The van der Waals surface area contributed by atoms with Gasteiger partial charge in [-0.1, -0.05) is 30.7 Å². The third-order valence-electron chi connectivity index (χ3n) is 7.14. The molecule has 9 nitrogen and oxygen atoms in total. The molecule has 0 saturated carbocycles. The minimum atomic E-state index is -0.593. The van der Waals surface area contributed by atoms with Gasteiger partial charge in [-0.3, -0.25) is 10.0 Å². The Hall–Kier alpha value is -3.92. The second-order valence-electron chi connectivity index (χ2n) is 9.96. The van der Waals surface area contributed by atoms with Crippen LogP contribution in [-0.2, 0) is 11.2 Å². The monoisotopic (exact) mass is 611 g/mol. The number of hydroxylamine groups is 2. The van der Waals surface area contributed by atoms with Gasteiger partial charge in [0.1, 0.15) is 0 Å². The summed E-state index contributed by atoms with van der Waals surface area (Å²) in [6, 6.07) is 14.2. The van der Waals surface area contributed by atoms with Crippen molar-refractivity contribution in [3.05, 3.63) is 88.1 Å². The number of halogens is 1. The smallest absolute Gasteiger partial charge is 0.281 e. The lowest BCUT2D eigenvalue weighted by Crippen LogP contribution is -2.21. The summed E-state index contributed by atoms with van der Waals surface area (Å²) < 4.78 is 34.9. The molecule has 1 aliphatic heterocycles. The van der Waals surface area contributed by atoms with E-state index in [9.17, 15) is 10.0 Å². The summed E-state index contributed by atoms with van der Waals surface area (Å²) in [5.74, 6) is 2.29. The minimum absolute atomic E-state index is 0.176. The predicted molar refractivity (Wildman–Crippen MR) is 163 cm³/mol. The fraction of sp³-hybridized carbons (Fsp3) is 0.364. The number of hydrogen-bond acceptors (Lipinski definition) is 8. The Kier molecular flexibility index (Phi) is 11.2. The third kappa shape index (κ3) is 7.54. The number of carbonyl (C=O) groups excluding carboxylic acids is 1. The highest BCUT2D eigenvalue weighted by Gasteiger charge is 2.31. The Morgan fingerprint density at radius 2 is 1.53 bits per heavy atom. The topological polar surface area (TPSA) is 95.9 Å².